The molecule has 1 fully saturated rings. The van der Waals surface area contributed by atoms with Gasteiger partial charge in [-0.2, -0.15) is 0 Å². The SMILES string of the molecule is CC1CC(=O)N(CCC(=O)Nc2c(N)cc(Cl)cc2Cl)C1. The third kappa shape index (κ3) is 4.02. The van der Waals surface area contributed by atoms with Crippen molar-refractivity contribution >= 4 is 46.4 Å². The van der Waals surface area contributed by atoms with Gasteiger partial charge in [-0.15, -0.1) is 0 Å². The third-order valence-corrected chi connectivity index (χ3v) is 3.88. The summed E-state index contributed by atoms with van der Waals surface area (Å²) in [6.45, 7) is 3.13. The van der Waals surface area contributed by atoms with Gasteiger partial charge < -0.3 is 16.0 Å². The first kappa shape index (κ1) is 15.9. The molecule has 0 aromatic heterocycles. The van der Waals surface area contributed by atoms with Gasteiger partial charge in [-0.05, 0) is 18.1 Å². The number of nitrogens with zero attached hydrogens (tertiary/aromatic N) is 1. The topological polar surface area (TPSA) is 75.4 Å². The second kappa shape index (κ2) is 6.54. The summed E-state index contributed by atoms with van der Waals surface area (Å²) in [5, 5.41) is 3.36. The van der Waals surface area contributed by atoms with E-state index < -0.39 is 0 Å². The summed E-state index contributed by atoms with van der Waals surface area (Å²) in [6.07, 6.45) is 0.758. The molecular weight excluding hydrogens is 313 g/mol. The van der Waals surface area contributed by atoms with Crippen molar-refractivity contribution in [1.29, 1.82) is 0 Å². The molecule has 1 aromatic carbocycles. The molecule has 21 heavy (non-hydrogen) atoms. The summed E-state index contributed by atoms with van der Waals surface area (Å²) in [5.41, 5.74) is 6.45. The van der Waals surface area contributed by atoms with Crippen LogP contribution in [-0.2, 0) is 9.59 Å². The molecule has 2 rings (SSSR count). The van der Waals surface area contributed by atoms with Crippen LogP contribution < -0.4 is 11.1 Å². The quantitative estimate of drug-likeness (QED) is 0.834. The zero-order valence-electron chi connectivity index (χ0n) is 11.7. The molecule has 1 aliphatic rings. The van der Waals surface area contributed by atoms with Crippen LogP contribution in [0.4, 0.5) is 11.4 Å². The minimum Gasteiger partial charge on any atom is -0.397 e. The Hall–Kier alpha value is -1.46. The number of nitrogens with one attached hydrogen (secondary N) is 1. The standard InChI is InChI=1S/C14H17Cl2N3O2/c1-8-4-13(21)19(7-8)3-2-12(20)18-14-10(16)5-9(15)6-11(14)17/h5-6,8H,2-4,7,17H2,1H3,(H,18,20). The van der Waals surface area contributed by atoms with Crippen molar-refractivity contribution in [3.63, 3.8) is 0 Å². The lowest BCUT2D eigenvalue weighted by molar-refractivity contribution is -0.128. The molecule has 1 saturated heterocycles. The van der Waals surface area contributed by atoms with Gasteiger partial charge >= 0.3 is 0 Å². The molecular formula is C14H17Cl2N3O2. The monoisotopic (exact) mass is 329 g/mol. The van der Waals surface area contributed by atoms with E-state index in [0.717, 1.165) is 0 Å². The summed E-state index contributed by atoms with van der Waals surface area (Å²) in [6, 6.07) is 3.04. The Morgan fingerprint density at radius 3 is 2.76 bits per heavy atom. The number of anilines is 2. The molecule has 1 unspecified atom stereocenters. The zero-order valence-corrected chi connectivity index (χ0v) is 13.2. The Morgan fingerprint density at radius 2 is 2.19 bits per heavy atom. The highest BCUT2D eigenvalue weighted by atomic mass is 35.5. The van der Waals surface area contributed by atoms with E-state index in [4.69, 9.17) is 28.9 Å². The lowest BCUT2D eigenvalue weighted by Crippen LogP contribution is -2.29. The number of hydrogen-bond acceptors (Lipinski definition) is 3. The predicted molar refractivity (Wildman–Crippen MR) is 84.5 cm³/mol. The van der Waals surface area contributed by atoms with E-state index in [-0.39, 0.29) is 18.2 Å². The van der Waals surface area contributed by atoms with Gasteiger partial charge in [0, 0.05) is 31.0 Å². The molecule has 0 spiro atoms. The summed E-state index contributed by atoms with van der Waals surface area (Å²) < 4.78 is 0. The van der Waals surface area contributed by atoms with Gasteiger partial charge in [-0.1, -0.05) is 30.1 Å². The first-order valence-electron chi connectivity index (χ1n) is 6.69. The number of nitrogens with two attached hydrogens (primary N) is 1. The Morgan fingerprint density at radius 1 is 1.48 bits per heavy atom. The average Bonchev–Trinajstić information content (AvgIpc) is 2.69. The Kier molecular flexibility index (Phi) is 4.96. The average molecular weight is 330 g/mol. The van der Waals surface area contributed by atoms with Crippen molar-refractivity contribution in [3.05, 3.63) is 22.2 Å². The number of benzene rings is 1. The maximum atomic E-state index is 12.0. The minimum atomic E-state index is -0.238. The molecule has 7 heteroatoms. The fourth-order valence-corrected chi connectivity index (χ4v) is 2.91. The molecule has 1 aliphatic heterocycles. The Balaban J connectivity index is 1.92. The highest BCUT2D eigenvalue weighted by molar-refractivity contribution is 6.37. The summed E-state index contributed by atoms with van der Waals surface area (Å²) in [5.74, 6) is 0.208. The number of carbonyl (C=O) groups excluding carboxylic acids is 2. The first-order valence-corrected chi connectivity index (χ1v) is 7.44. The number of hydrogen-bond donors (Lipinski definition) is 2. The minimum absolute atomic E-state index is 0.0966. The van der Waals surface area contributed by atoms with E-state index in [1.165, 1.54) is 12.1 Å². The molecule has 0 bridgehead atoms. The Bertz CT molecular complexity index is 554. The fraction of sp³-hybridized carbons (Fsp3) is 0.429. The molecule has 1 atom stereocenters. The van der Waals surface area contributed by atoms with Crippen molar-refractivity contribution in [1.82, 2.24) is 4.90 Å². The smallest absolute Gasteiger partial charge is 0.226 e. The molecule has 1 aromatic rings. The molecule has 0 radical (unpaired) electrons. The maximum Gasteiger partial charge on any atom is 0.226 e. The van der Waals surface area contributed by atoms with Crippen LogP contribution in [0.2, 0.25) is 10.0 Å². The first-order chi connectivity index (χ1) is 9.86. The van der Waals surface area contributed by atoms with E-state index in [9.17, 15) is 9.59 Å². The van der Waals surface area contributed by atoms with Gasteiger partial charge in [0.25, 0.3) is 0 Å². The molecule has 2 amide bonds. The van der Waals surface area contributed by atoms with Crippen LogP contribution in [0.1, 0.15) is 19.8 Å². The molecule has 0 saturated carbocycles. The lowest BCUT2D eigenvalue weighted by atomic mass is 10.2. The van der Waals surface area contributed by atoms with E-state index in [0.29, 0.717) is 46.8 Å². The summed E-state index contributed by atoms with van der Waals surface area (Å²) in [4.78, 5) is 25.3. The maximum absolute atomic E-state index is 12.0. The van der Waals surface area contributed by atoms with Gasteiger partial charge in [-0.3, -0.25) is 9.59 Å². The normalized spacial score (nSPS) is 18.1. The second-order valence-corrected chi connectivity index (χ2v) is 6.14. The van der Waals surface area contributed by atoms with Crippen molar-refractivity contribution in [2.45, 2.75) is 19.8 Å². The Labute approximate surface area is 133 Å². The number of amides is 2. The molecule has 0 aliphatic carbocycles. The van der Waals surface area contributed by atoms with E-state index in [1.807, 2.05) is 6.92 Å². The molecule has 1 heterocycles. The van der Waals surface area contributed by atoms with E-state index >= 15 is 0 Å². The molecule has 3 N–H and O–H groups in total. The van der Waals surface area contributed by atoms with Gasteiger partial charge in [0.05, 0.1) is 16.4 Å². The van der Waals surface area contributed by atoms with Gasteiger partial charge in [-0.25, -0.2) is 0 Å². The largest absolute Gasteiger partial charge is 0.397 e. The fourth-order valence-electron chi connectivity index (χ4n) is 2.35. The van der Waals surface area contributed by atoms with Gasteiger partial charge in [0.2, 0.25) is 11.8 Å². The van der Waals surface area contributed by atoms with Crippen molar-refractivity contribution < 1.29 is 9.59 Å². The van der Waals surface area contributed by atoms with Gasteiger partial charge in [0.15, 0.2) is 0 Å². The highest BCUT2D eigenvalue weighted by Crippen LogP contribution is 2.32. The van der Waals surface area contributed by atoms with Crippen LogP contribution in [0.3, 0.4) is 0 Å². The van der Waals surface area contributed by atoms with Crippen molar-refractivity contribution in [2.24, 2.45) is 5.92 Å². The number of carbonyl (C=O) groups is 2. The third-order valence-electron chi connectivity index (χ3n) is 3.37. The van der Waals surface area contributed by atoms with Crippen LogP contribution >= 0.6 is 23.2 Å². The van der Waals surface area contributed by atoms with Gasteiger partial charge in [0.1, 0.15) is 0 Å². The van der Waals surface area contributed by atoms with E-state index in [2.05, 4.69) is 5.32 Å². The highest BCUT2D eigenvalue weighted by Gasteiger charge is 2.26. The van der Waals surface area contributed by atoms with Crippen LogP contribution in [0.15, 0.2) is 12.1 Å². The van der Waals surface area contributed by atoms with Crippen molar-refractivity contribution in [3.8, 4) is 0 Å². The number of nitrogen functional groups attached to an aromatic ring is 1. The lowest BCUT2D eigenvalue weighted by Gasteiger charge is -2.16. The number of halogens is 2. The summed E-state index contributed by atoms with van der Waals surface area (Å²) >= 11 is 11.8. The predicted octanol–water partition coefficient (Wildman–Crippen LogP) is 2.77. The van der Waals surface area contributed by atoms with E-state index in [1.54, 1.807) is 4.90 Å². The second-order valence-electron chi connectivity index (χ2n) is 5.30. The molecule has 5 nitrogen and oxygen atoms in total. The zero-order chi connectivity index (χ0) is 15.6. The van der Waals surface area contributed by atoms with Crippen LogP contribution in [0.5, 0.6) is 0 Å². The number of likely N-dealkylation sites (tertiary alicyclic amines) is 1. The van der Waals surface area contributed by atoms with Crippen LogP contribution in [0, 0.1) is 5.92 Å². The van der Waals surface area contributed by atoms with Crippen LogP contribution in [0.25, 0.3) is 0 Å². The number of rotatable bonds is 4. The van der Waals surface area contributed by atoms with Crippen LogP contribution in [-0.4, -0.2) is 29.8 Å². The summed E-state index contributed by atoms with van der Waals surface area (Å²) in [7, 11) is 0. The molecule has 114 valence electrons. The van der Waals surface area contributed by atoms with Crippen molar-refractivity contribution in [2.75, 3.05) is 24.1 Å².